The van der Waals surface area contributed by atoms with Crippen LogP contribution in [0.2, 0.25) is 5.02 Å². The Morgan fingerprint density at radius 2 is 1.79 bits per heavy atom. The zero-order chi connectivity index (χ0) is 20.8. The standard InChI is InChI=1S/C21H22ClFN2O3S/c1-29-16-7-5-15(6-8-16)21(27)28-14-20(26)25-11-9-24(10-12-25)13-17-18(22)3-2-4-19(17)23/h2-8H,9-14H2,1H3. The zero-order valence-electron chi connectivity index (χ0n) is 16.1. The van der Waals surface area contributed by atoms with Gasteiger partial charge in [-0.3, -0.25) is 9.69 Å². The molecule has 0 saturated carbocycles. The molecule has 0 aliphatic carbocycles. The molecule has 1 fully saturated rings. The van der Waals surface area contributed by atoms with Crippen LogP contribution in [0.15, 0.2) is 47.4 Å². The molecule has 2 aromatic carbocycles. The largest absolute Gasteiger partial charge is 0.452 e. The molecule has 8 heteroatoms. The summed E-state index contributed by atoms with van der Waals surface area (Å²) in [7, 11) is 0. The third-order valence-corrected chi connectivity index (χ3v) is 5.92. The van der Waals surface area contributed by atoms with Gasteiger partial charge < -0.3 is 9.64 Å². The van der Waals surface area contributed by atoms with E-state index >= 15 is 0 Å². The zero-order valence-corrected chi connectivity index (χ0v) is 17.6. The van der Waals surface area contributed by atoms with Gasteiger partial charge in [-0.15, -0.1) is 11.8 Å². The number of nitrogens with zero attached hydrogens (tertiary/aromatic N) is 2. The van der Waals surface area contributed by atoms with Gasteiger partial charge in [0, 0.05) is 48.2 Å². The minimum atomic E-state index is -0.515. The highest BCUT2D eigenvalue weighted by Crippen LogP contribution is 2.21. The number of carbonyl (C=O) groups excluding carboxylic acids is 2. The van der Waals surface area contributed by atoms with E-state index in [1.165, 1.54) is 6.07 Å². The molecule has 1 saturated heterocycles. The predicted octanol–water partition coefficient (Wildman–Crippen LogP) is 3.70. The van der Waals surface area contributed by atoms with Crippen LogP contribution in [0.1, 0.15) is 15.9 Å². The van der Waals surface area contributed by atoms with Crippen LogP contribution in [0.5, 0.6) is 0 Å². The van der Waals surface area contributed by atoms with Gasteiger partial charge in [-0.25, -0.2) is 9.18 Å². The Kier molecular flexibility index (Phi) is 7.52. The van der Waals surface area contributed by atoms with Crippen LogP contribution in [-0.4, -0.2) is 60.7 Å². The van der Waals surface area contributed by atoms with Gasteiger partial charge in [-0.2, -0.15) is 0 Å². The third-order valence-electron chi connectivity index (χ3n) is 4.82. The number of carbonyl (C=O) groups is 2. The van der Waals surface area contributed by atoms with Crippen molar-refractivity contribution in [2.24, 2.45) is 0 Å². The molecule has 5 nitrogen and oxygen atoms in total. The molecule has 0 bridgehead atoms. The van der Waals surface area contributed by atoms with Gasteiger partial charge in [0.05, 0.1) is 5.56 Å². The fourth-order valence-electron chi connectivity index (χ4n) is 3.09. The SMILES string of the molecule is CSc1ccc(C(=O)OCC(=O)N2CCN(Cc3c(F)cccc3Cl)CC2)cc1. The number of benzene rings is 2. The molecule has 1 amide bonds. The summed E-state index contributed by atoms with van der Waals surface area (Å²) in [5.41, 5.74) is 0.887. The van der Waals surface area contributed by atoms with E-state index in [4.69, 9.17) is 16.3 Å². The van der Waals surface area contributed by atoms with Crippen molar-refractivity contribution in [2.75, 3.05) is 39.0 Å². The first kappa shape index (κ1) is 21.6. The summed E-state index contributed by atoms with van der Waals surface area (Å²) < 4.78 is 19.1. The molecule has 3 rings (SSSR count). The van der Waals surface area contributed by atoms with Crippen molar-refractivity contribution in [1.82, 2.24) is 9.80 Å². The van der Waals surface area contributed by atoms with Crippen LogP contribution in [0.3, 0.4) is 0 Å². The molecule has 2 aromatic rings. The van der Waals surface area contributed by atoms with Crippen LogP contribution >= 0.6 is 23.4 Å². The summed E-state index contributed by atoms with van der Waals surface area (Å²) in [6.45, 7) is 2.29. The van der Waals surface area contributed by atoms with Crippen LogP contribution < -0.4 is 0 Å². The van der Waals surface area contributed by atoms with E-state index in [1.807, 2.05) is 23.3 Å². The fourth-order valence-corrected chi connectivity index (χ4v) is 3.72. The van der Waals surface area contributed by atoms with Gasteiger partial charge in [0.1, 0.15) is 5.82 Å². The molecular formula is C21H22ClFN2O3S. The minimum Gasteiger partial charge on any atom is -0.452 e. The molecule has 1 heterocycles. The Morgan fingerprint density at radius 3 is 2.41 bits per heavy atom. The molecule has 0 aromatic heterocycles. The normalized spacial score (nSPS) is 14.7. The maximum absolute atomic E-state index is 13.9. The first-order valence-electron chi connectivity index (χ1n) is 9.22. The van der Waals surface area contributed by atoms with Crippen molar-refractivity contribution in [3.63, 3.8) is 0 Å². The number of rotatable bonds is 6. The smallest absolute Gasteiger partial charge is 0.338 e. The lowest BCUT2D eigenvalue weighted by atomic mass is 10.2. The van der Waals surface area contributed by atoms with E-state index in [0.29, 0.717) is 48.9 Å². The highest BCUT2D eigenvalue weighted by molar-refractivity contribution is 7.98. The Balaban J connectivity index is 1.45. The van der Waals surface area contributed by atoms with Crippen molar-refractivity contribution >= 4 is 35.2 Å². The molecule has 154 valence electrons. The first-order valence-corrected chi connectivity index (χ1v) is 10.8. The van der Waals surface area contributed by atoms with Crippen molar-refractivity contribution in [1.29, 1.82) is 0 Å². The van der Waals surface area contributed by atoms with Crippen LogP contribution in [0, 0.1) is 5.82 Å². The molecule has 1 aliphatic heterocycles. The lowest BCUT2D eigenvalue weighted by molar-refractivity contribution is -0.136. The van der Waals surface area contributed by atoms with Crippen molar-refractivity contribution in [3.05, 3.63) is 64.4 Å². The van der Waals surface area contributed by atoms with Gasteiger partial charge >= 0.3 is 5.97 Å². The molecular weight excluding hydrogens is 415 g/mol. The van der Waals surface area contributed by atoms with Gasteiger partial charge in [-0.05, 0) is 42.7 Å². The second kappa shape index (κ2) is 10.1. The summed E-state index contributed by atoms with van der Waals surface area (Å²) in [5, 5.41) is 0.404. The van der Waals surface area contributed by atoms with E-state index in [9.17, 15) is 14.0 Å². The molecule has 0 N–H and O–H groups in total. The lowest BCUT2D eigenvalue weighted by Crippen LogP contribution is -2.49. The summed E-state index contributed by atoms with van der Waals surface area (Å²) in [5.74, 6) is -1.07. The second-order valence-electron chi connectivity index (χ2n) is 6.66. The quantitative estimate of drug-likeness (QED) is 0.510. The van der Waals surface area contributed by atoms with Crippen LogP contribution in [0.4, 0.5) is 4.39 Å². The van der Waals surface area contributed by atoms with Gasteiger partial charge in [0.15, 0.2) is 6.61 Å². The number of hydrogen-bond donors (Lipinski definition) is 0. The van der Waals surface area contributed by atoms with E-state index in [2.05, 4.69) is 0 Å². The van der Waals surface area contributed by atoms with Gasteiger partial charge in [0.25, 0.3) is 5.91 Å². The van der Waals surface area contributed by atoms with Crippen molar-refractivity contribution < 1.29 is 18.7 Å². The Bertz CT molecular complexity index is 850. The monoisotopic (exact) mass is 436 g/mol. The predicted molar refractivity (Wildman–Crippen MR) is 112 cm³/mol. The minimum absolute atomic E-state index is 0.234. The number of thioether (sulfide) groups is 1. The molecule has 0 radical (unpaired) electrons. The fraction of sp³-hybridized carbons (Fsp3) is 0.333. The van der Waals surface area contributed by atoms with Crippen LogP contribution in [0.25, 0.3) is 0 Å². The Labute approximate surface area is 178 Å². The van der Waals surface area contributed by atoms with E-state index < -0.39 is 5.97 Å². The maximum atomic E-state index is 13.9. The highest BCUT2D eigenvalue weighted by Gasteiger charge is 2.23. The lowest BCUT2D eigenvalue weighted by Gasteiger charge is -2.34. The van der Waals surface area contributed by atoms with E-state index in [1.54, 1.807) is 40.9 Å². The topological polar surface area (TPSA) is 49.9 Å². The number of amides is 1. The van der Waals surface area contributed by atoms with E-state index in [0.717, 1.165) is 4.90 Å². The summed E-state index contributed by atoms with van der Waals surface area (Å²) in [6, 6.07) is 11.7. The number of piperazine rings is 1. The first-order chi connectivity index (χ1) is 14.0. The summed E-state index contributed by atoms with van der Waals surface area (Å²) in [4.78, 5) is 29.2. The number of esters is 1. The molecule has 29 heavy (non-hydrogen) atoms. The Hall–Kier alpha value is -2.09. The molecule has 1 aliphatic rings. The third kappa shape index (κ3) is 5.72. The molecule has 0 atom stereocenters. The van der Waals surface area contributed by atoms with Crippen molar-refractivity contribution in [2.45, 2.75) is 11.4 Å². The number of halogens is 2. The summed E-state index contributed by atoms with van der Waals surface area (Å²) >= 11 is 7.67. The second-order valence-corrected chi connectivity index (χ2v) is 7.95. The van der Waals surface area contributed by atoms with E-state index in [-0.39, 0.29) is 18.3 Å². The average molecular weight is 437 g/mol. The Morgan fingerprint density at radius 1 is 1.10 bits per heavy atom. The van der Waals surface area contributed by atoms with Crippen LogP contribution in [-0.2, 0) is 16.1 Å². The number of ether oxygens (including phenoxy) is 1. The molecule has 0 unspecified atom stereocenters. The van der Waals surface area contributed by atoms with Crippen molar-refractivity contribution in [3.8, 4) is 0 Å². The average Bonchev–Trinajstić information content (AvgIpc) is 2.75. The number of hydrogen-bond acceptors (Lipinski definition) is 5. The maximum Gasteiger partial charge on any atom is 0.338 e. The molecule has 0 spiro atoms. The van der Waals surface area contributed by atoms with Gasteiger partial charge in [-0.1, -0.05) is 17.7 Å². The highest BCUT2D eigenvalue weighted by atomic mass is 35.5. The van der Waals surface area contributed by atoms with Gasteiger partial charge in [0.2, 0.25) is 0 Å². The summed E-state index contributed by atoms with van der Waals surface area (Å²) in [6.07, 6.45) is 1.96.